The third-order valence-electron chi connectivity index (χ3n) is 2.39. The van der Waals surface area contributed by atoms with Gasteiger partial charge < -0.3 is 9.64 Å². The standard InChI is InChI=1S/C9H19NO.C2H6/c1-9(5-4-8-11-9)6-7-10(2)3;1-2/h4-8H2,1-3H3;1-2H3. The van der Waals surface area contributed by atoms with E-state index in [1.165, 1.54) is 19.3 Å². The Labute approximate surface area is 83.3 Å². The van der Waals surface area contributed by atoms with E-state index in [1.54, 1.807) is 0 Å². The van der Waals surface area contributed by atoms with Crippen LogP contribution in [0.25, 0.3) is 0 Å². The van der Waals surface area contributed by atoms with Crippen LogP contribution in [0.2, 0.25) is 0 Å². The highest BCUT2D eigenvalue weighted by Gasteiger charge is 2.28. The van der Waals surface area contributed by atoms with Crippen LogP contribution in [0.1, 0.15) is 40.0 Å². The molecule has 0 bridgehead atoms. The zero-order valence-electron chi connectivity index (χ0n) is 9.89. The SMILES string of the molecule is CC.CN(C)CCC1(C)CCCO1. The van der Waals surface area contributed by atoms with E-state index in [9.17, 15) is 0 Å². The molecule has 2 nitrogen and oxygen atoms in total. The zero-order valence-corrected chi connectivity index (χ0v) is 9.89. The van der Waals surface area contributed by atoms with E-state index in [-0.39, 0.29) is 5.60 Å². The molecule has 0 radical (unpaired) electrons. The molecule has 0 aromatic heterocycles. The highest BCUT2D eigenvalue weighted by atomic mass is 16.5. The van der Waals surface area contributed by atoms with Crippen LogP contribution < -0.4 is 0 Å². The van der Waals surface area contributed by atoms with Crippen molar-refractivity contribution in [2.45, 2.75) is 45.6 Å². The van der Waals surface area contributed by atoms with Crippen molar-refractivity contribution in [1.29, 1.82) is 0 Å². The van der Waals surface area contributed by atoms with E-state index >= 15 is 0 Å². The van der Waals surface area contributed by atoms with E-state index in [4.69, 9.17) is 4.74 Å². The van der Waals surface area contributed by atoms with Crippen LogP contribution in [0.5, 0.6) is 0 Å². The molecule has 1 atom stereocenters. The lowest BCUT2D eigenvalue weighted by Gasteiger charge is -2.24. The number of nitrogens with zero attached hydrogens (tertiary/aromatic N) is 1. The summed E-state index contributed by atoms with van der Waals surface area (Å²) < 4.78 is 5.66. The van der Waals surface area contributed by atoms with Gasteiger partial charge in [0.25, 0.3) is 0 Å². The van der Waals surface area contributed by atoms with Crippen LogP contribution in [0.4, 0.5) is 0 Å². The molecule has 1 heterocycles. The largest absolute Gasteiger partial charge is 0.375 e. The summed E-state index contributed by atoms with van der Waals surface area (Å²) in [6, 6.07) is 0. The molecule has 0 aliphatic carbocycles. The second-order valence-corrected chi connectivity index (χ2v) is 3.96. The lowest BCUT2D eigenvalue weighted by atomic mass is 9.99. The van der Waals surface area contributed by atoms with E-state index in [0.29, 0.717) is 0 Å². The van der Waals surface area contributed by atoms with E-state index in [2.05, 4.69) is 25.9 Å². The van der Waals surface area contributed by atoms with Crippen LogP contribution in [0, 0.1) is 0 Å². The van der Waals surface area contributed by atoms with E-state index in [1.807, 2.05) is 13.8 Å². The Hall–Kier alpha value is -0.0800. The van der Waals surface area contributed by atoms with Gasteiger partial charge in [0.1, 0.15) is 0 Å². The Bertz CT molecular complexity index is 117. The Kier molecular flexibility index (Phi) is 6.35. The van der Waals surface area contributed by atoms with Gasteiger partial charge in [-0.15, -0.1) is 0 Å². The van der Waals surface area contributed by atoms with Crippen LogP contribution in [0.3, 0.4) is 0 Å². The average molecular weight is 187 g/mol. The summed E-state index contributed by atoms with van der Waals surface area (Å²) in [7, 11) is 4.22. The van der Waals surface area contributed by atoms with Gasteiger partial charge in [0.2, 0.25) is 0 Å². The van der Waals surface area contributed by atoms with Crippen LogP contribution >= 0.6 is 0 Å². The lowest BCUT2D eigenvalue weighted by Crippen LogP contribution is -2.28. The van der Waals surface area contributed by atoms with Crippen molar-refractivity contribution in [3.05, 3.63) is 0 Å². The fourth-order valence-corrected chi connectivity index (χ4v) is 1.49. The number of rotatable bonds is 3. The minimum absolute atomic E-state index is 0.185. The smallest absolute Gasteiger partial charge is 0.0667 e. The number of hydrogen-bond acceptors (Lipinski definition) is 2. The van der Waals surface area contributed by atoms with E-state index in [0.717, 1.165) is 13.2 Å². The first-order valence-electron chi connectivity index (χ1n) is 5.41. The molecule has 1 rings (SSSR count). The molecular formula is C11H25NO. The second kappa shape index (κ2) is 6.39. The normalized spacial score (nSPS) is 27.2. The third kappa shape index (κ3) is 5.27. The Balaban J connectivity index is 0.000000671. The average Bonchev–Trinajstić information content (AvgIpc) is 2.54. The van der Waals surface area contributed by atoms with Crippen molar-refractivity contribution >= 4 is 0 Å². The second-order valence-electron chi connectivity index (χ2n) is 3.96. The minimum atomic E-state index is 0.185. The highest BCUT2D eigenvalue weighted by Crippen LogP contribution is 2.28. The summed E-state index contributed by atoms with van der Waals surface area (Å²) in [6.45, 7) is 8.32. The summed E-state index contributed by atoms with van der Waals surface area (Å²) in [5.41, 5.74) is 0.185. The summed E-state index contributed by atoms with van der Waals surface area (Å²) in [4.78, 5) is 2.22. The van der Waals surface area contributed by atoms with Crippen molar-refractivity contribution in [1.82, 2.24) is 4.90 Å². The summed E-state index contributed by atoms with van der Waals surface area (Å²) in [6.07, 6.45) is 3.64. The number of hydrogen-bond donors (Lipinski definition) is 0. The van der Waals surface area contributed by atoms with Gasteiger partial charge in [-0.1, -0.05) is 13.8 Å². The first-order valence-corrected chi connectivity index (χ1v) is 5.41. The molecule has 1 unspecified atom stereocenters. The van der Waals surface area contributed by atoms with Gasteiger partial charge in [0.05, 0.1) is 5.60 Å². The van der Waals surface area contributed by atoms with Crippen molar-refractivity contribution in [2.24, 2.45) is 0 Å². The monoisotopic (exact) mass is 187 g/mol. The van der Waals surface area contributed by atoms with Crippen molar-refractivity contribution < 1.29 is 4.74 Å². The Morgan fingerprint density at radius 2 is 1.92 bits per heavy atom. The molecule has 1 saturated heterocycles. The molecule has 0 amide bonds. The Morgan fingerprint density at radius 1 is 1.31 bits per heavy atom. The van der Waals surface area contributed by atoms with Crippen LogP contribution in [-0.4, -0.2) is 37.7 Å². The predicted molar refractivity (Wildman–Crippen MR) is 58.1 cm³/mol. The lowest BCUT2D eigenvalue weighted by molar-refractivity contribution is 0.00858. The fourth-order valence-electron chi connectivity index (χ4n) is 1.49. The maximum Gasteiger partial charge on any atom is 0.0667 e. The van der Waals surface area contributed by atoms with Gasteiger partial charge in [-0.3, -0.25) is 0 Å². The number of ether oxygens (including phenoxy) is 1. The van der Waals surface area contributed by atoms with Gasteiger partial charge in [-0.2, -0.15) is 0 Å². The molecule has 1 aliphatic rings. The molecule has 0 aromatic carbocycles. The molecule has 0 saturated carbocycles. The molecule has 0 spiro atoms. The molecule has 2 heteroatoms. The molecule has 1 fully saturated rings. The topological polar surface area (TPSA) is 12.5 Å². The molecule has 0 aromatic rings. The summed E-state index contributed by atoms with van der Waals surface area (Å²) in [5.74, 6) is 0. The quantitative estimate of drug-likeness (QED) is 0.673. The maximum absolute atomic E-state index is 5.66. The van der Waals surface area contributed by atoms with Crippen LogP contribution in [0.15, 0.2) is 0 Å². The molecule has 13 heavy (non-hydrogen) atoms. The molecule has 1 aliphatic heterocycles. The zero-order chi connectivity index (χ0) is 10.3. The van der Waals surface area contributed by atoms with Gasteiger partial charge in [-0.05, 0) is 40.3 Å². The Morgan fingerprint density at radius 3 is 2.31 bits per heavy atom. The molecule has 0 N–H and O–H groups in total. The summed E-state index contributed by atoms with van der Waals surface area (Å²) in [5, 5.41) is 0. The summed E-state index contributed by atoms with van der Waals surface area (Å²) >= 11 is 0. The van der Waals surface area contributed by atoms with E-state index < -0.39 is 0 Å². The van der Waals surface area contributed by atoms with Crippen LogP contribution in [-0.2, 0) is 4.74 Å². The van der Waals surface area contributed by atoms with Gasteiger partial charge >= 0.3 is 0 Å². The molecule has 80 valence electrons. The third-order valence-corrected chi connectivity index (χ3v) is 2.39. The van der Waals surface area contributed by atoms with Gasteiger partial charge in [0.15, 0.2) is 0 Å². The first kappa shape index (κ1) is 12.9. The first-order chi connectivity index (χ1) is 6.12. The fraction of sp³-hybridized carbons (Fsp3) is 1.00. The van der Waals surface area contributed by atoms with Gasteiger partial charge in [-0.25, -0.2) is 0 Å². The van der Waals surface area contributed by atoms with Crippen molar-refractivity contribution in [3.8, 4) is 0 Å². The van der Waals surface area contributed by atoms with Crippen molar-refractivity contribution in [2.75, 3.05) is 27.2 Å². The minimum Gasteiger partial charge on any atom is -0.375 e. The molecular weight excluding hydrogens is 162 g/mol. The maximum atomic E-state index is 5.66. The van der Waals surface area contributed by atoms with Crippen molar-refractivity contribution in [3.63, 3.8) is 0 Å². The predicted octanol–water partition coefficient (Wildman–Crippen LogP) is 2.53. The van der Waals surface area contributed by atoms with Gasteiger partial charge in [0, 0.05) is 13.2 Å². The highest BCUT2D eigenvalue weighted by molar-refractivity contribution is 4.80.